The van der Waals surface area contributed by atoms with Gasteiger partial charge in [-0.2, -0.15) is 5.10 Å². The Kier molecular flexibility index (Phi) is 3.00. The first-order valence-corrected chi connectivity index (χ1v) is 8.92. The molecule has 0 N–H and O–H groups in total. The zero-order chi connectivity index (χ0) is 18.3. The number of hydrogen-bond donors (Lipinski definition) is 0. The van der Waals surface area contributed by atoms with Gasteiger partial charge in [0.25, 0.3) is 0 Å². The van der Waals surface area contributed by atoms with E-state index in [1.54, 1.807) is 0 Å². The SMILES string of the molecule is Cc1ccc2c3c1cnn3-c1ccc(B3OC(C)(C)C(C)(C)O3)cc1O2. The Morgan fingerprint density at radius 3 is 2.42 bits per heavy atom. The number of hydrogen-bond acceptors (Lipinski definition) is 4. The van der Waals surface area contributed by atoms with Crippen LogP contribution in [-0.4, -0.2) is 28.1 Å². The quantitative estimate of drug-likeness (QED) is 0.492. The molecule has 0 unspecified atom stereocenters. The molecule has 2 aliphatic rings. The number of rotatable bonds is 1. The molecule has 0 aliphatic carbocycles. The first-order chi connectivity index (χ1) is 12.3. The van der Waals surface area contributed by atoms with Gasteiger partial charge in [0, 0.05) is 5.39 Å². The molecule has 2 aliphatic heterocycles. The molecule has 0 spiro atoms. The number of ether oxygens (including phenoxy) is 1. The van der Waals surface area contributed by atoms with Crippen molar-refractivity contribution in [3.05, 3.63) is 42.1 Å². The summed E-state index contributed by atoms with van der Waals surface area (Å²) >= 11 is 0. The van der Waals surface area contributed by atoms with Gasteiger partial charge in [0.1, 0.15) is 11.2 Å². The Balaban J connectivity index is 1.59. The van der Waals surface area contributed by atoms with Crippen LogP contribution in [0.4, 0.5) is 0 Å². The monoisotopic (exact) mass is 348 g/mol. The molecule has 5 rings (SSSR count). The highest BCUT2D eigenvalue weighted by molar-refractivity contribution is 6.62. The number of fused-ring (bicyclic) bond motifs is 2. The van der Waals surface area contributed by atoms with Crippen molar-refractivity contribution in [1.29, 1.82) is 0 Å². The lowest BCUT2D eigenvalue weighted by molar-refractivity contribution is 0.00578. The molecule has 1 saturated heterocycles. The van der Waals surface area contributed by atoms with Crippen LogP contribution >= 0.6 is 0 Å². The topological polar surface area (TPSA) is 45.5 Å². The maximum absolute atomic E-state index is 6.20. The summed E-state index contributed by atoms with van der Waals surface area (Å²) in [6.07, 6.45) is 1.90. The van der Waals surface area contributed by atoms with E-state index >= 15 is 0 Å². The maximum Gasteiger partial charge on any atom is 0.494 e. The highest BCUT2D eigenvalue weighted by Gasteiger charge is 2.51. The molecule has 5 nitrogen and oxygen atoms in total. The maximum atomic E-state index is 6.20. The van der Waals surface area contributed by atoms with E-state index in [0.717, 1.165) is 33.6 Å². The van der Waals surface area contributed by atoms with Gasteiger partial charge in [0.05, 0.1) is 17.4 Å². The molecule has 0 radical (unpaired) electrons. The predicted molar refractivity (Wildman–Crippen MR) is 102 cm³/mol. The summed E-state index contributed by atoms with van der Waals surface area (Å²) < 4.78 is 20.5. The van der Waals surface area contributed by atoms with E-state index in [-0.39, 0.29) is 11.2 Å². The van der Waals surface area contributed by atoms with Gasteiger partial charge in [-0.3, -0.25) is 0 Å². The average molecular weight is 348 g/mol. The number of aryl methyl sites for hydroxylation is 1. The fraction of sp³-hybridized carbons (Fsp3) is 0.350. The number of benzene rings is 2. The van der Waals surface area contributed by atoms with Crippen molar-refractivity contribution in [2.24, 2.45) is 0 Å². The largest absolute Gasteiger partial charge is 0.494 e. The Hall–Kier alpha value is -2.31. The minimum absolute atomic E-state index is 0.368. The zero-order valence-electron chi connectivity index (χ0n) is 15.7. The van der Waals surface area contributed by atoms with Crippen LogP contribution < -0.4 is 10.2 Å². The van der Waals surface area contributed by atoms with Gasteiger partial charge in [-0.15, -0.1) is 0 Å². The summed E-state index contributed by atoms with van der Waals surface area (Å²) in [6, 6.07) is 10.1. The van der Waals surface area contributed by atoms with Crippen molar-refractivity contribution in [1.82, 2.24) is 9.78 Å². The second-order valence-corrected chi connectivity index (χ2v) is 8.12. The Bertz CT molecular complexity index is 1040. The summed E-state index contributed by atoms with van der Waals surface area (Å²) in [5.74, 6) is 1.58. The molecular weight excluding hydrogens is 327 g/mol. The van der Waals surface area contributed by atoms with Gasteiger partial charge < -0.3 is 14.0 Å². The Morgan fingerprint density at radius 2 is 1.69 bits per heavy atom. The van der Waals surface area contributed by atoms with Crippen molar-refractivity contribution in [2.45, 2.75) is 45.8 Å². The van der Waals surface area contributed by atoms with Crippen LogP contribution in [0.3, 0.4) is 0 Å². The van der Waals surface area contributed by atoms with Gasteiger partial charge in [-0.1, -0.05) is 12.1 Å². The van der Waals surface area contributed by atoms with E-state index in [4.69, 9.17) is 14.0 Å². The van der Waals surface area contributed by atoms with Crippen LogP contribution in [0.5, 0.6) is 11.5 Å². The molecule has 1 fully saturated rings. The second-order valence-electron chi connectivity index (χ2n) is 8.12. The van der Waals surface area contributed by atoms with Gasteiger partial charge >= 0.3 is 7.12 Å². The summed E-state index contributed by atoms with van der Waals surface area (Å²) in [5.41, 5.74) is 3.34. The lowest BCUT2D eigenvalue weighted by atomic mass is 9.79. The minimum Gasteiger partial charge on any atom is -0.453 e. The second kappa shape index (κ2) is 4.90. The summed E-state index contributed by atoms with van der Waals surface area (Å²) in [6.45, 7) is 10.3. The highest BCUT2D eigenvalue weighted by Crippen LogP contribution is 2.41. The van der Waals surface area contributed by atoms with E-state index in [2.05, 4.69) is 45.8 Å². The molecule has 2 aromatic carbocycles. The molecule has 0 saturated carbocycles. The normalized spacial score (nSPS) is 19.5. The summed E-state index contributed by atoms with van der Waals surface area (Å²) in [4.78, 5) is 0. The number of nitrogens with zero attached hydrogens (tertiary/aromatic N) is 2. The standard InChI is InChI=1S/C20H21BN2O3/c1-12-6-9-16-18-14(12)11-22-23(18)15-8-7-13(10-17(15)24-16)21-25-19(2,3)20(4,5)26-21/h6-11H,1-5H3. The van der Waals surface area contributed by atoms with E-state index in [1.807, 2.05) is 35.1 Å². The third-order valence-electron chi connectivity index (χ3n) is 5.87. The van der Waals surface area contributed by atoms with Crippen LogP contribution in [0.1, 0.15) is 33.3 Å². The van der Waals surface area contributed by atoms with Crippen molar-refractivity contribution < 1.29 is 14.0 Å². The van der Waals surface area contributed by atoms with Gasteiger partial charge in [0.2, 0.25) is 0 Å². The minimum atomic E-state index is -0.411. The van der Waals surface area contributed by atoms with Crippen molar-refractivity contribution in [3.8, 4) is 17.2 Å². The molecule has 0 bridgehead atoms. The van der Waals surface area contributed by atoms with E-state index in [1.165, 1.54) is 5.56 Å². The van der Waals surface area contributed by atoms with Gasteiger partial charge in [0.15, 0.2) is 11.5 Å². The third-order valence-corrected chi connectivity index (χ3v) is 5.87. The van der Waals surface area contributed by atoms with Crippen LogP contribution in [0.2, 0.25) is 0 Å². The summed E-state index contributed by atoms with van der Waals surface area (Å²) in [7, 11) is -0.411. The molecule has 0 atom stereocenters. The molecule has 132 valence electrons. The summed E-state index contributed by atoms with van der Waals surface area (Å²) in [5, 5.41) is 5.69. The Morgan fingerprint density at radius 1 is 0.962 bits per heavy atom. The lowest BCUT2D eigenvalue weighted by Crippen LogP contribution is -2.41. The van der Waals surface area contributed by atoms with E-state index in [9.17, 15) is 0 Å². The first-order valence-electron chi connectivity index (χ1n) is 8.92. The Labute approximate surface area is 153 Å². The molecular formula is C20H21BN2O3. The van der Waals surface area contributed by atoms with Crippen LogP contribution in [-0.2, 0) is 9.31 Å². The predicted octanol–water partition coefficient (Wildman–Crippen LogP) is 3.74. The van der Waals surface area contributed by atoms with Gasteiger partial charge in [-0.05, 0) is 63.8 Å². The number of aromatic nitrogens is 2. The molecule has 3 aromatic rings. The van der Waals surface area contributed by atoms with Crippen LogP contribution in [0, 0.1) is 6.92 Å². The third kappa shape index (κ3) is 2.03. The van der Waals surface area contributed by atoms with Crippen molar-refractivity contribution in [3.63, 3.8) is 0 Å². The molecule has 0 amide bonds. The molecule has 6 heteroatoms. The van der Waals surface area contributed by atoms with Crippen molar-refractivity contribution >= 4 is 23.5 Å². The van der Waals surface area contributed by atoms with Gasteiger partial charge in [-0.25, -0.2) is 4.68 Å². The van der Waals surface area contributed by atoms with E-state index < -0.39 is 7.12 Å². The zero-order valence-corrected chi connectivity index (χ0v) is 15.7. The van der Waals surface area contributed by atoms with Crippen LogP contribution in [0.25, 0.3) is 16.6 Å². The first kappa shape index (κ1) is 15.9. The fourth-order valence-electron chi connectivity index (χ4n) is 3.54. The van der Waals surface area contributed by atoms with Crippen molar-refractivity contribution in [2.75, 3.05) is 0 Å². The smallest absolute Gasteiger partial charge is 0.453 e. The van der Waals surface area contributed by atoms with Crippen LogP contribution in [0.15, 0.2) is 36.5 Å². The molecule has 1 aromatic heterocycles. The average Bonchev–Trinajstić information content (AvgIpc) is 3.11. The lowest BCUT2D eigenvalue weighted by Gasteiger charge is -2.32. The molecule has 26 heavy (non-hydrogen) atoms. The van der Waals surface area contributed by atoms with E-state index in [0.29, 0.717) is 0 Å². The fourth-order valence-corrected chi connectivity index (χ4v) is 3.54. The highest BCUT2D eigenvalue weighted by atomic mass is 16.7. The molecule has 3 heterocycles.